The summed E-state index contributed by atoms with van der Waals surface area (Å²) in [4.78, 5) is 26.2. The molecule has 1 fully saturated rings. The SMILES string of the molecule is COC(=O)[C@@H]1CCC(=O)N1C(c1ccc(F)cc1)c1ccc(Cl)cc1. The van der Waals surface area contributed by atoms with Gasteiger partial charge < -0.3 is 9.64 Å². The molecule has 0 radical (unpaired) electrons. The second-order valence-corrected chi connectivity index (χ2v) is 6.32. The van der Waals surface area contributed by atoms with Crippen LogP contribution < -0.4 is 0 Å². The van der Waals surface area contributed by atoms with Gasteiger partial charge in [-0.15, -0.1) is 0 Å². The number of carbonyl (C=O) groups is 2. The second kappa shape index (κ2) is 7.23. The molecule has 1 aliphatic heterocycles. The van der Waals surface area contributed by atoms with Gasteiger partial charge >= 0.3 is 5.97 Å². The van der Waals surface area contributed by atoms with Crippen molar-refractivity contribution < 1.29 is 18.7 Å². The Balaban J connectivity index is 2.09. The summed E-state index contributed by atoms with van der Waals surface area (Å²) in [6, 6.07) is 11.8. The number of halogens is 2. The average molecular weight is 362 g/mol. The molecule has 0 aromatic heterocycles. The number of likely N-dealkylation sites (tertiary alicyclic amines) is 1. The summed E-state index contributed by atoms with van der Waals surface area (Å²) in [5, 5.41) is 0.568. The quantitative estimate of drug-likeness (QED) is 0.779. The fourth-order valence-corrected chi connectivity index (χ4v) is 3.32. The van der Waals surface area contributed by atoms with E-state index in [2.05, 4.69) is 0 Å². The van der Waals surface area contributed by atoms with Crippen LogP contribution in [0.5, 0.6) is 0 Å². The summed E-state index contributed by atoms with van der Waals surface area (Å²) >= 11 is 5.97. The molecule has 4 nitrogen and oxygen atoms in total. The molecule has 1 saturated heterocycles. The summed E-state index contributed by atoms with van der Waals surface area (Å²) in [6.07, 6.45) is 0.668. The van der Waals surface area contributed by atoms with Crippen molar-refractivity contribution in [2.45, 2.75) is 24.9 Å². The van der Waals surface area contributed by atoms with Crippen LogP contribution in [-0.2, 0) is 14.3 Å². The number of amides is 1. The number of carbonyl (C=O) groups excluding carboxylic acids is 2. The molecule has 1 heterocycles. The Morgan fingerprint density at radius 1 is 1.16 bits per heavy atom. The van der Waals surface area contributed by atoms with Crippen LogP contribution in [0, 0.1) is 5.82 Å². The predicted molar refractivity (Wildman–Crippen MR) is 91.6 cm³/mol. The monoisotopic (exact) mass is 361 g/mol. The number of rotatable bonds is 4. The van der Waals surface area contributed by atoms with Gasteiger partial charge in [-0.2, -0.15) is 0 Å². The molecule has 130 valence electrons. The van der Waals surface area contributed by atoms with E-state index in [1.165, 1.54) is 24.1 Å². The van der Waals surface area contributed by atoms with E-state index >= 15 is 0 Å². The van der Waals surface area contributed by atoms with Gasteiger partial charge in [-0.05, 0) is 41.8 Å². The minimum Gasteiger partial charge on any atom is -0.467 e. The van der Waals surface area contributed by atoms with E-state index in [0.29, 0.717) is 17.0 Å². The van der Waals surface area contributed by atoms with Gasteiger partial charge in [0, 0.05) is 11.4 Å². The zero-order valence-corrected chi connectivity index (χ0v) is 14.4. The Morgan fingerprint density at radius 3 is 2.28 bits per heavy atom. The number of hydrogen-bond donors (Lipinski definition) is 0. The molecule has 0 saturated carbocycles. The highest BCUT2D eigenvalue weighted by atomic mass is 35.5. The molecule has 1 aliphatic rings. The summed E-state index contributed by atoms with van der Waals surface area (Å²) in [5.74, 6) is -0.956. The molecule has 6 heteroatoms. The number of benzene rings is 2. The fraction of sp³-hybridized carbons (Fsp3) is 0.263. The third-order valence-corrected chi connectivity index (χ3v) is 4.63. The van der Waals surface area contributed by atoms with Crippen LogP contribution in [0.25, 0.3) is 0 Å². The van der Waals surface area contributed by atoms with Crippen LogP contribution in [0.1, 0.15) is 30.0 Å². The molecule has 2 aromatic carbocycles. The van der Waals surface area contributed by atoms with Crippen molar-refractivity contribution in [2.75, 3.05) is 7.11 Å². The lowest BCUT2D eigenvalue weighted by atomic mass is 9.96. The predicted octanol–water partition coefficient (Wildman–Crippen LogP) is 3.73. The minimum atomic E-state index is -0.664. The molecular weight excluding hydrogens is 345 g/mol. The minimum absolute atomic E-state index is 0.139. The second-order valence-electron chi connectivity index (χ2n) is 5.88. The van der Waals surface area contributed by atoms with Gasteiger partial charge in [0.05, 0.1) is 13.2 Å². The van der Waals surface area contributed by atoms with Crippen LogP contribution in [-0.4, -0.2) is 29.9 Å². The van der Waals surface area contributed by atoms with E-state index in [1.54, 1.807) is 36.4 Å². The number of nitrogens with zero attached hydrogens (tertiary/aromatic N) is 1. The van der Waals surface area contributed by atoms with Crippen molar-refractivity contribution in [3.8, 4) is 0 Å². The first-order valence-electron chi connectivity index (χ1n) is 7.91. The van der Waals surface area contributed by atoms with Crippen LogP contribution in [0.3, 0.4) is 0 Å². The van der Waals surface area contributed by atoms with Crippen molar-refractivity contribution in [2.24, 2.45) is 0 Å². The van der Waals surface area contributed by atoms with Gasteiger partial charge in [0.2, 0.25) is 5.91 Å². The Labute approximate surface area is 150 Å². The van der Waals surface area contributed by atoms with E-state index in [9.17, 15) is 14.0 Å². The highest BCUT2D eigenvalue weighted by molar-refractivity contribution is 6.30. The molecule has 25 heavy (non-hydrogen) atoms. The topological polar surface area (TPSA) is 46.6 Å². The van der Waals surface area contributed by atoms with Crippen molar-refractivity contribution in [1.82, 2.24) is 4.90 Å². The molecule has 0 N–H and O–H groups in total. The van der Waals surface area contributed by atoms with Crippen molar-refractivity contribution in [3.63, 3.8) is 0 Å². The van der Waals surface area contributed by atoms with Crippen molar-refractivity contribution in [1.29, 1.82) is 0 Å². The Hall–Kier alpha value is -2.40. The van der Waals surface area contributed by atoms with Crippen molar-refractivity contribution >= 4 is 23.5 Å². The normalized spacial score (nSPS) is 18.3. The first kappa shape index (κ1) is 17.4. The summed E-state index contributed by atoms with van der Waals surface area (Å²) in [6.45, 7) is 0. The van der Waals surface area contributed by atoms with E-state index in [4.69, 9.17) is 16.3 Å². The smallest absolute Gasteiger partial charge is 0.328 e. The van der Waals surface area contributed by atoms with Crippen LogP contribution >= 0.6 is 11.6 Å². The van der Waals surface area contributed by atoms with Gasteiger partial charge in [-0.3, -0.25) is 4.79 Å². The summed E-state index contributed by atoms with van der Waals surface area (Å²) < 4.78 is 18.2. The zero-order valence-electron chi connectivity index (χ0n) is 13.6. The largest absolute Gasteiger partial charge is 0.467 e. The lowest BCUT2D eigenvalue weighted by molar-refractivity contribution is -0.150. The molecule has 0 bridgehead atoms. The fourth-order valence-electron chi connectivity index (χ4n) is 3.20. The highest BCUT2D eigenvalue weighted by Crippen LogP contribution is 2.36. The third kappa shape index (κ3) is 3.51. The molecule has 2 aromatic rings. The summed E-state index contributed by atoms with van der Waals surface area (Å²) in [7, 11) is 1.30. The molecule has 2 atom stereocenters. The maximum absolute atomic E-state index is 13.3. The number of esters is 1. The first-order chi connectivity index (χ1) is 12.0. The van der Waals surface area contributed by atoms with Gasteiger partial charge in [0.25, 0.3) is 0 Å². The van der Waals surface area contributed by atoms with E-state index in [1.807, 2.05) is 0 Å². The van der Waals surface area contributed by atoms with E-state index in [-0.39, 0.29) is 18.1 Å². The first-order valence-corrected chi connectivity index (χ1v) is 8.29. The Morgan fingerprint density at radius 2 is 1.72 bits per heavy atom. The lowest BCUT2D eigenvalue weighted by Crippen LogP contribution is -2.42. The average Bonchev–Trinajstić information content (AvgIpc) is 2.99. The maximum Gasteiger partial charge on any atom is 0.328 e. The molecule has 0 aliphatic carbocycles. The maximum atomic E-state index is 13.3. The molecular formula is C19H17ClFNO3. The number of hydrogen-bond acceptors (Lipinski definition) is 3. The lowest BCUT2D eigenvalue weighted by Gasteiger charge is -2.33. The molecule has 3 rings (SSSR count). The van der Waals surface area contributed by atoms with Crippen LogP contribution in [0.2, 0.25) is 5.02 Å². The van der Waals surface area contributed by atoms with Gasteiger partial charge in [-0.25, -0.2) is 9.18 Å². The highest BCUT2D eigenvalue weighted by Gasteiger charge is 2.42. The van der Waals surface area contributed by atoms with Gasteiger partial charge in [0.15, 0.2) is 0 Å². The van der Waals surface area contributed by atoms with Crippen LogP contribution in [0.4, 0.5) is 4.39 Å². The molecule has 1 unspecified atom stereocenters. The summed E-state index contributed by atoms with van der Waals surface area (Å²) in [5.41, 5.74) is 1.51. The zero-order chi connectivity index (χ0) is 18.0. The van der Waals surface area contributed by atoms with Crippen molar-refractivity contribution in [3.05, 3.63) is 70.5 Å². The Kier molecular flexibility index (Phi) is 5.04. The molecule has 1 amide bonds. The van der Waals surface area contributed by atoms with E-state index in [0.717, 1.165) is 5.56 Å². The van der Waals surface area contributed by atoms with E-state index < -0.39 is 18.1 Å². The third-order valence-electron chi connectivity index (χ3n) is 4.38. The Bertz CT molecular complexity index is 731. The number of ether oxygens (including phenoxy) is 1. The van der Waals surface area contributed by atoms with Gasteiger partial charge in [-0.1, -0.05) is 35.9 Å². The van der Waals surface area contributed by atoms with Crippen LogP contribution in [0.15, 0.2) is 48.5 Å². The van der Waals surface area contributed by atoms with Gasteiger partial charge in [0.1, 0.15) is 11.9 Å². The molecule has 0 spiro atoms. The standard InChI is InChI=1S/C19H17ClFNO3/c1-25-19(24)16-10-11-17(23)22(16)18(12-2-6-14(20)7-3-12)13-4-8-15(21)9-5-13/h2-9,16,18H,10-11H2,1H3/t16-,18?/m0/s1. The number of methoxy groups -OCH3 is 1.